The molecule has 0 aliphatic heterocycles. The van der Waals surface area contributed by atoms with Crippen molar-refractivity contribution in [1.29, 1.82) is 0 Å². The Morgan fingerprint density at radius 2 is 1.90 bits per heavy atom. The van der Waals surface area contributed by atoms with Crippen LogP contribution >= 0.6 is 0 Å². The van der Waals surface area contributed by atoms with Gasteiger partial charge in [-0.15, -0.1) is 0 Å². The molecule has 0 saturated heterocycles. The van der Waals surface area contributed by atoms with Crippen LogP contribution in [0.5, 0.6) is 0 Å². The van der Waals surface area contributed by atoms with E-state index in [2.05, 4.69) is 68.9 Å². The Morgan fingerprint density at radius 3 is 2.48 bits per heavy atom. The molecule has 3 heteroatoms. The van der Waals surface area contributed by atoms with Crippen LogP contribution in [-0.2, 0) is 19.4 Å². The van der Waals surface area contributed by atoms with Crippen molar-refractivity contribution in [2.75, 3.05) is 0 Å². The van der Waals surface area contributed by atoms with Gasteiger partial charge in [0.2, 0.25) is 0 Å². The van der Waals surface area contributed by atoms with Crippen LogP contribution in [-0.4, -0.2) is 15.8 Å². The van der Waals surface area contributed by atoms with Crippen molar-refractivity contribution < 1.29 is 0 Å². The maximum absolute atomic E-state index is 4.74. The molecule has 0 bridgehead atoms. The second-order valence-electron chi connectivity index (χ2n) is 5.90. The van der Waals surface area contributed by atoms with Crippen molar-refractivity contribution >= 4 is 0 Å². The number of nitrogens with one attached hydrogen (secondary N) is 1. The Kier molecular flexibility index (Phi) is 5.18. The molecule has 21 heavy (non-hydrogen) atoms. The molecule has 1 aromatic heterocycles. The van der Waals surface area contributed by atoms with Crippen molar-refractivity contribution in [1.82, 2.24) is 15.1 Å². The molecule has 0 fully saturated rings. The normalized spacial score (nSPS) is 11.3. The van der Waals surface area contributed by atoms with Crippen LogP contribution in [0.25, 0.3) is 5.69 Å². The fourth-order valence-corrected chi connectivity index (χ4v) is 2.50. The van der Waals surface area contributed by atoms with Crippen molar-refractivity contribution in [3.8, 4) is 5.69 Å². The van der Waals surface area contributed by atoms with E-state index in [4.69, 9.17) is 5.10 Å². The molecule has 0 saturated carbocycles. The van der Waals surface area contributed by atoms with Gasteiger partial charge >= 0.3 is 0 Å². The van der Waals surface area contributed by atoms with Gasteiger partial charge in [0, 0.05) is 18.3 Å². The molecular weight excluding hydrogens is 258 g/mol. The van der Waals surface area contributed by atoms with Crippen LogP contribution in [0.2, 0.25) is 0 Å². The third-order valence-electron chi connectivity index (χ3n) is 3.76. The summed E-state index contributed by atoms with van der Waals surface area (Å²) < 4.78 is 2.10. The van der Waals surface area contributed by atoms with E-state index in [-0.39, 0.29) is 0 Å². The first-order valence-electron chi connectivity index (χ1n) is 7.96. The van der Waals surface area contributed by atoms with Crippen molar-refractivity contribution in [2.45, 2.75) is 60.0 Å². The zero-order valence-corrected chi connectivity index (χ0v) is 13.9. The van der Waals surface area contributed by atoms with E-state index in [1.165, 1.54) is 22.5 Å². The summed E-state index contributed by atoms with van der Waals surface area (Å²) in [7, 11) is 0. The highest BCUT2D eigenvalue weighted by molar-refractivity contribution is 5.43. The van der Waals surface area contributed by atoms with Crippen LogP contribution in [0, 0.1) is 6.92 Å². The zero-order valence-electron chi connectivity index (χ0n) is 13.9. The van der Waals surface area contributed by atoms with E-state index in [0.717, 1.165) is 25.1 Å². The third-order valence-corrected chi connectivity index (χ3v) is 3.76. The predicted octanol–water partition coefficient (Wildman–Crippen LogP) is 3.80. The van der Waals surface area contributed by atoms with Crippen LogP contribution in [0.15, 0.2) is 24.3 Å². The lowest BCUT2D eigenvalue weighted by atomic mass is 10.1. The summed E-state index contributed by atoms with van der Waals surface area (Å²) in [6.45, 7) is 11.8. The number of aryl methyl sites for hydroxylation is 3. The van der Waals surface area contributed by atoms with Gasteiger partial charge in [-0.05, 0) is 43.0 Å². The highest BCUT2D eigenvalue weighted by Gasteiger charge is 2.10. The first kappa shape index (κ1) is 15.8. The molecule has 0 aliphatic rings. The molecule has 0 amide bonds. The Balaban J connectivity index is 2.30. The van der Waals surface area contributed by atoms with E-state index in [9.17, 15) is 0 Å². The molecule has 1 heterocycles. The molecular formula is C18H27N3. The lowest BCUT2D eigenvalue weighted by Gasteiger charge is -2.13. The van der Waals surface area contributed by atoms with E-state index in [1.54, 1.807) is 0 Å². The summed E-state index contributed by atoms with van der Waals surface area (Å²) in [5.41, 5.74) is 6.24. The van der Waals surface area contributed by atoms with E-state index in [1.807, 2.05) is 0 Å². The quantitative estimate of drug-likeness (QED) is 0.875. The summed E-state index contributed by atoms with van der Waals surface area (Å²) in [6.07, 6.45) is 1.98. The van der Waals surface area contributed by atoms with Gasteiger partial charge in [0.15, 0.2) is 0 Å². The molecule has 0 spiro atoms. The molecule has 0 unspecified atom stereocenters. The SMILES string of the molecule is CCc1cc(CC)n(-c2ccc(CNC(C)C)cc2C)n1. The van der Waals surface area contributed by atoms with Gasteiger partial charge in [0.05, 0.1) is 11.4 Å². The summed E-state index contributed by atoms with van der Waals surface area (Å²) in [5.74, 6) is 0. The third kappa shape index (κ3) is 3.73. The fraction of sp³-hybridized carbons (Fsp3) is 0.500. The minimum absolute atomic E-state index is 0.509. The minimum Gasteiger partial charge on any atom is -0.310 e. The molecule has 114 valence electrons. The number of aromatic nitrogens is 2. The van der Waals surface area contributed by atoms with E-state index >= 15 is 0 Å². The van der Waals surface area contributed by atoms with Crippen molar-refractivity contribution in [2.24, 2.45) is 0 Å². The molecule has 3 nitrogen and oxygen atoms in total. The number of rotatable bonds is 6. The van der Waals surface area contributed by atoms with E-state index < -0.39 is 0 Å². The van der Waals surface area contributed by atoms with Gasteiger partial charge in [-0.1, -0.05) is 39.8 Å². The number of hydrogen-bond donors (Lipinski definition) is 1. The zero-order chi connectivity index (χ0) is 15.4. The standard InChI is InChI=1S/C18H27N3/c1-6-16-11-17(7-2)21(20-16)18-9-8-15(10-14(18)5)12-19-13(3)4/h8-11,13,19H,6-7,12H2,1-5H3. The first-order valence-corrected chi connectivity index (χ1v) is 7.96. The fourth-order valence-electron chi connectivity index (χ4n) is 2.50. The molecule has 0 aliphatic carbocycles. The second-order valence-corrected chi connectivity index (χ2v) is 5.90. The van der Waals surface area contributed by atoms with Crippen LogP contribution in [0.1, 0.15) is 50.2 Å². The molecule has 1 aromatic carbocycles. The van der Waals surface area contributed by atoms with Gasteiger partial charge in [0.1, 0.15) is 0 Å². The molecule has 0 radical (unpaired) electrons. The van der Waals surface area contributed by atoms with Gasteiger partial charge in [0.25, 0.3) is 0 Å². The topological polar surface area (TPSA) is 29.9 Å². The van der Waals surface area contributed by atoms with Crippen LogP contribution in [0.3, 0.4) is 0 Å². The highest BCUT2D eigenvalue weighted by Crippen LogP contribution is 2.19. The lowest BCUT2D eigenvalue weighted by Crippen LogP contribution is -2.21. The number of benzene rings is 1. The summed E-state index contributed by atoms with van der Waals surface area (Å²) in [6, 6.07) is 9.38. The Hall–Kier alpha value is -1.61. The molecule has 1 N–H and O–H groups in total. The maximum atomic E-state index is 4.74. The van der Waals surface area contributed by atoms with Gasteiger partial charge in [-0.2, -0.15) is 5.10 Å². The Morgan fingerprint density at radius 1 is 1.14 bits per heavy atom. The monoisotopic (exact) mass is 285 g/mol. The Labute approximate surface area is 128 Å². The molecule has 2 rings (SSSR count). The van der Waals surface area contributed by atoms with Gasteiger partial charge < -0.3 is 5.32 Å². The second kappa shape index (κ2) is 6.90. The predicted molar refractivity (Wildman–Crippen MR) is 89.0 cm³/mol. The van der Waals surface area contributed by atoms with Crippen molar-refractivity contribution in [3.05, 3.63) is 46.8 Å². The Bertz CT molecular complexity index is 597. The smallest absolute Gasteiger partial charge is 0.0678 e. The number of hydrogen-bond acceptors (Lipinski definition) is 2. The molecule has 0 atom stereocenters. The van der Waals surface area contributed by atoms with Crippen LogP contribution in [0.4, 0.5) is 0 Å². The molecule has 2 aromatic rings. The van der Waals surface area contributed by atoms with Gasteiger partial charge in [-0.25, -0.2) is 4.68 Å². The number of nitrogens with zero attached hydrogens (tertiary/aromatic N) is 2. The summed E-state index contributed by atoms with van der Waals surface area (Å²) in [4.78, 5) is 0. The average Bonchev–Trinajstić information content (AvgIpc) is 2.88. The summed E-state index contributed by atoms with van der Waals surface area (Å²) in [5, 5.41) is 8.20. The minimum atomic E-state index is 0.509. The summed E-state index contributed by atoms with van der Waals surface area (Å²) >= 11 is 0. The van der Waals surface area contributed by atoms with E-state index in [0.29, 0.717) is 6.04 Å². The van der Waals surface area contributed by atoms with Gasteiger partial charge in [-0.3, -0.25) is 0 Å². The maximum Gasteiger partial charge on any atom is 0.0678 e. The van der Waals surface area contributed by atoms with Crippen molar-refractivity contribution in [3.63, 3.8) is 0 Å². The largest absolute Gasteiger partial charge is 0.310 e. The average molecular weight is 285 g/mol. The highest BCUT2D eigenvalue weighted by atomic mass is 15.3. The lowest BCUT2D eigenvalue weighted by molar-refractivity contribution is 0.588. The first-order chi connectivity index (χ1) is 10.0. The van der Waals surface area contributed by atoms with Crippen LogP contribution < -0.4 is 5.32 Å².